The lowest BCUT2D eigenvalue weighted by molar-refractivity contribution is -0.274. The van der Waals surface area contributed by atoms with Crippen molar-refractivity contribution in [2.24, 2.45) is 0 Å². The summed E-state index contributed by atoms with van der Waals surface area (Å²) in [6, 6.07) is 8.14. The predicted octanol–water partition coefficient (Wildman–Crippen LogP) is 5.16. The van der Waals surface area contributed by atoms with Crippen molar-refractivity contribution in [3.05, 3.63) is 77.0 Å². The highest BCUT2D eigenvalue weighted by molar-refractivity contribution is 7.91. The Balaban J connectivity index is 1.87. The molecule has 2 aromatic carbocycles. The van der Waals surface area contributed by atoms with Crippen molar-refractivity contribution < 1.29 is 39.5 Å². The molecule has 194 valence electrons. The van der Waals surface area contributed by atoms with Gasteiger partial charge in [-0.3, -0.25) is 4.79 Å². The molecule has 14 heteroatoms. The Kier molecular flexibility index (Phi) is 6.48. The Hall–Kier alpha value is -3.94. The van der Waals surface area contributed by atoms with Crippen LogP contribution in [0.1, 0.15) is 12.5 Å². The molecule has 0 aliphatic rings. The van der Waals surface area contributed by atoms with E-state index in [-0.39, 0.29) is 16.9 Å². The molecule has 4 aromatic rings. The van der Waals surface area contributed by atoms with Crippen LogP contribution < -0.4 is 10.3 Å². The van der Waals surface area contributed by atoms with Gasteiger partial charge in [0.1, 0.15) is 17.0 Å². The van der Waals surface area contributed by atoms with Gasteiger partial charge in [0.2, 0.25) is 0 Å². The summed E-state index contributed by atoms with van der Waals surface area (Å²) < 4.78 is 107. The summed E-state index contributed by atoms with van der Waals surface area (Å²) in [5.74, 6) is -1.29. The Morgan fingerprint density at radius 2 is 1.59 bits per heavy atom. The van der Waals surface area contributed by atoms with E-state index in [0.29, 0.717) is 11.6 Å². The molecular formula is C23H15F6N3O4S. The summed E-state index contributed by atoms with van der Waals surface area (Å²) in [6.45, 7) is 1.34. The minimum atomic E-state index is -4.89. The highest BCUT2D eigenvalue weighted by Gasteiger charge is 2.32. The summed E-state index contributed by atoms with van der Waals surface area (Å²) in [7, 11) is -4.04. The smallest absolute Gasteiger partial charge is 0.406 e. The van der Waals surface area contributed by atoms with Crippen LogP contribution in [0.2, 0.25) is 0 Å². The van der Waals surface area contributed by atoms with Gasteiger partial charge in [0, 0.05) is 11.8 Å². The number of sulfone groups is 1. The summed E-state index contributed by atoms with van der Waals surface area (Å²) in [6.07, 6.45) is -7.49. The van der Waals surface area contributed by atoms with Crippen molar-refractivity contribution in [2.45, 2.75) is 24.4 Å². The SMILES string of the molecule is CCS(=O)(=O)c1cc(-c2ccc(OC(F)(F)F)cc2)cnc1-n1cnc2ccc(C(F)(F)F)cc2c1=O. The number of pyridine rings is 1. The normalized spacial score (nSPS) is 12.6. The van der Waals surface area contributed by atoms with Crippen LogP contribution in [0.15, 0.2) is 70.7 Å². The van der Waals surface area contributed by atoms with E-state index in [0.717, 1.165) is 35.2 Å². The molecule has 0 amide bonds. The van der Waals surface area contributed by atoms with Crippen molar-refractivity contribution in [1.82, 2.24) is 14.5 Å². The molecule has 0 unspecified atom stereocenters. The van der Waals surface area contributed by atoms with Crippen LogP contribution in [0.3, 0.4) is 0 Å². The third kappa shape index (κ3) is 5.43. The van der Waals surface area contributed by atoms with Crippen molar-refractivity contribution in [3.63, 3.8) is 0 Å². The second-order valence-corrected chi connectivity index (χ2v) is 9.92. The summed E-state index contributed by atoms with van der Waals surface area (Å²) in [4.78, 5) is 20.7. The van der Waals surface area contributed by atoms with Gasteiger partial charge < -0.3 is 4.74 Å². The van der Waals surface area contributed by atoms with E-state index >= 15 is 0 Å². The molecule has 0 spiro atoms. The van der Waals surface area contributed by atoms with E-state index in [1.54, 1.807) is 0 Å². The highest BCUT2D eigenvalue weighted by Crippen LogP contribution is 2.31. The van der Waals surface area contributed by atoms with Crippen molar-refractivity contribution in [1.29, 1.82) is 0 Å². The van der Waals surface area contributed by atoms with E-state index in [9.17, 15) is 39.6 Å². The lowest BCUT2D eigenvalue weighted by Gasteiger charge is -2.14. The molecule has 0 N–H and O–H groups in total. The number of aromatic nitrogens is 3. The number of hydrogen-bond donors (Lipinski definition) is 0. The van der Waals surface area contributed by atoms with Crippen LogP contribution in [0.5, 0.6) is 5.75 Å². The molecule has 0 atom stereocenters. The molecule has 0 saturated heterocycles. The topological polar surface area (TPSA) is 91.2 Å². The average Bonchev–Trinajstić information content (AvgIpc) is 2.83. The predicted molar refractivity (Wildman–Crippen MR) is 120 cm³/mol. The van der Waals surface area contributed by atoms with E-state index in [4.69, 9.17) is 0 Å². The molecule has 0 saturated carbocycles. The largest absolute Gasteiger partial charge is 0.573 e. The van der Waals surface area contributed by atoms with E-state index in [1.807, 2.05) is 0 Å². The first-order valence-corrected chi connectivity index (χ1v) is 12.0. The molecule has 0 radical (unpaired) electrons. The van der Waals surface area contributed by atoms with Crippen LogP contribution in [-0.2, 0) is 16.0 Å². The molecule has 0 bridgehead atoms. The van der Waals surface area contributed by atoms with E-state index in [1.165, 1.54) is 31.3 Å². The summed E-state index contributed by atoms with van der Waals surface area (Å²) in [5.41, 5.74) is -1.61. The van der Waals surface area contributed by atoms with Crippen LogP contribution in [0.4, 0.5) is 26.3 Å². The summed E-state index contributed by atoms with van der Waals surface area (Å²) in [5, 5.41) is -0.400. The average molecular weight is 543 g/mol. The Labute approximate surface area is 204 Å². The number of hydrogen-bond acceptors (Lipinski definition) is 6. The van der Waals surface area contributed by atoms with Crippen LogP contribution in [0, 0.1) is 0 Å². The third-order valence-corrected chi connectivity index (χ3v) is 7.01. The minimum absolute atomic E-state index is 0.0352. The Morgan fingerprint density at radius 3 is 2.19 bits per heavy atom. The number of halogens is 6. The molecule has 7 nitrogen and oxygen atoms in total. The van der Waals surface area contributed by atoms with Gasteiger partial charge in [-0.25, -0.2) is 23.0 Å². The van der Waals surface area contributed by atoms with Gasteiger partial charge in [0.05, 0.1) is 22.2 Å². The van der Waals surface area contributed by atoms with Crippen LogP contribution >= 0.6 is 0 Å². The second-order valence-electron chi connectivity index (χ2n) is 7.67. The molecule has 4 rings (SSSR count). The first kappa shape index (κ1) is 26.1. The van der Waals surface area contributed by atoms with Crippen LogP contribution in [0.25, 0.3) is 27.8 Å². The maximum Gasteiger partial charge on any atom is 0.573 e. The van der Waals surface area contributed by atoms with Crippen molar-refractivity contribution in [3.8, 4) is 22.7 Å². The second kappa shape index (κ2) is 9.18. The lowest BCUT2D eigenvalue weighted by atomic mass is 10.1. The van der Waals surface area contributed by atoms with Crippen LogP contribution in [-0.4, -0.2) is 35.1 Å². The number of alkyl halides is 6. The van der Waals surface area contributed by atoms with E-state index < -0.39 is 55.3 Å². The monoisotopic (exact) mass is 543 g/mol. The van der Waals surface area contributed by atoms with Crippen molar-refractivity contribution >= 4 is 20.7 Å². The standard InChI is InChI=1S/C23H15F6N3O4S/c1-2-37(34,35)19-9-14(13-3-6-16(7-4-13)36-23(27,28)29)11-30-20(19)32-12-31-18-8-5-15(22(24,25)26)10-17(18)21(32)33/h3-12H,2H2,1H3. The molecule has 2 aromatic heterocycles. The third-order valence-electron chi connectivity index (χ3n) is 5.28. The van der Waals surface area contributed by atoms with Gasteiger partial charge in [0.25, 0.3) is 5.56 Å². The zero-order valence-corrected chi connectivity index (χ0v) is 19.4. The zero-order valence-electron chi connectivity index (χ0n) is 18.6. The number of rotatable bonds is 5. The van der Waals surface area contributed by atoms with Gasteiger partial charge in [0.15, 0.2) is 15.7 Å². The number of nitrogens with zero attached hydrogens (tertiary/aromatic N) is 3. The minimum Gasteiger partial charge on any atom is -0.406 e. The molecule has 0 fully saturated rings. The fourth-order valence-corrected chi connectivity index (χ4v) is 4.51. The first-order valence-electron chi connectivity index (χ1n) is 10.4. The Morgan fingerprint density at radius 1 is 0.919 bits per heavy atom. The summed E-state index contributed by atoms with van der Waals surface area (Å²) >= 11 is 0. The molecular weight excluding hydrogens is 528 g/mol. The molecule has 0 aliphatic heterocycles. The fourth-order valence-electron chi connectivity index (χ4n) is 3.46. The fraction of sp³-hybridized carbons (Fsp3) is 0.174. The number of ether oxygens (including phenoxy) is 1. The number of benzene rings is 2. The van der Waals surface area contributed by atoms with Gasteiger partial charge in [-0.2, -0.15) is 13.2 Å². The molecule has 0 aliphatic carbocycles. The Bertz CT molecular complexity index is 1650. The number of fused-ring (bicyclic) bond motifs is 1. The zero-order chi connectivity index (χ0) is 27.2. The molecule has 37 heavy (non-hydrogen) atoms. The lowest BCUT2D eigenvalue weighted by Crippen LogP contribution is -2.23. The molecule has 2 heterocycles. The quantitative estimate of drug-likeness (QED) is 0.323. The van der Waals surface area contributed by atoms with Gasteiger partial charge >= 0.3 is 12.5 Å². The maximum absolute atomic E-state index is 13.2. The van der Waals surface area contributed by atoms with Gasteiger partial charge in [-0.1, -0.05) is 19.1 Å². The maximum atomic E-state index is 13.2. The van der Waals surface area contributed by atoms with Gasteiger partial charge in [-0.05, 0) is 42.0 Å². The highest BCUT2D eigenvalue weighted by atomic mass is 32.2. The first-order chi connectivity index (χ1) is 17.2. The van der Waals surface area contributed by atoms with Gasteiger partial charge in [-0.15, -0.1) is 13.2 Å². The van der Waals surface area contributed by atoms with E-state index in [2.05, 4.69) is 14.7 Å². The van der Waals surface area contributed by atoms with Crippen molar-refractivity contribution in [2.75, 3.05) is 5.75 Å².